The number of amides is 1. The number of nitrogens with two attached hydrogens (primary N) is 1. The van der Waals surface area contributed by atoms with E-state index in [1.807, 2.05) is 0 Å². The first-order valence-corrected chi connectivity index (χ1v) is 5.70. The Labute approximate surface area is 90.6 Å². The summed E-state index contributed by atoms with van der Waals surface area (Å²) < 4.78 is 0. The number of azo groups is 1. The summed E-state index contributed by atoms with van der Waals surface area (Å²) in [5, 5.41) is 7.18. The lowest BCUT2D eigenvalue weighted by Crippen LogP contribution is -2.06. The lowest BCUT2D eigenvalue weighted by Gasteiger charge is -2.00. The molecule has 1 heterocycles. The Bertz CT molecular complexity index is 282. The maximum Gasteiger partial charge on any atom is 0.313 e. The SMILES string of the molecule is CCCCCCCCC1=C(N)C(=O)N=N1. The summed E-state index contributed by atoms with van der Waals surface area (Å²) in [6.45, 7) is 2.20. The number of allylic oxidation sites excluding steroid dienone is 1. The first kappa shape index (κ1) is 11.9. The van der Waals surface area contributed by atoms with Gasteiger partial charge in [-0.2, -0.15) is 0 Å². The van der Waals surface area contributed by atoms with Crippen LogP contribution in [0.15, 0.2) is 21.6 Å². The van der Waals surface area contributed by atoms with Crippen LogP contribution in [0.25, 0.3) is 0 Å². The van der Waals surface area contributed by atoms with Crippen molar-refractivity contribution in [3.8, 4) is 0 Å². The molecule has 0 atom stereocenters. The van der Waals surface area contributed by atoms with Gasteiger partial charge in [0, 0.05) is 0 Å². The van der Waals surface area contributed by atoms with Crippen molar-refractivity contribution in [1.29, 1.82) is 0 Å². The molecule has 4 nitrogen and oxygen atoms in total. The molecule has 1 aliphatic heterocycles. The fraction of sp³-hybridized carbons (Fsp3) is 0.727. The zero-order chi connectivity index (χ0) is 11.1. The quantitative estimate of drug-likeness (QED) is 0.655. The Morgan fingerprint density at radius 3 is 2.33 bits per heavy atom. The molecule has 0 fully saturated rings. The van der Waals surface area contributed by atoms with Crippen molar-refractivity contribution in [3.05, 3.63) is 11.4 Å². The maximum absolute atomic E-state index is 10.9. The van der Waals surface area contributed by atoms with Crippen molar-refractivity contribution < 1.29 is 4.79 Å². The van der Waals surface area contributed by atoms with E-state index in [0.717, 1.165) is 12.8 Å². The van der Waals surface area contributed by atoms with Gasteiger partial charge in [0.15, 0.2) is 0 Å². The monoisotopic (exact) mass is 209 g/mol. The van der Waals surface area contributed by atoms with Crippen molar-refractivity contribution in [2.75, 3.05) is 0 Å². The molecular weight excluding hydrogens is 190 g/mol. The molecule has 0 aliphatic carbocycles. The minimum absolute atomic E-state index is 0.239. The summed E-state index contributed by atoms with van der Waals surface area (Å²) in [6, 6.07) is 0. The highest BCUT2D eigenvalue weighted by atomic mass is 16.2. The maximum atomic E-state index is 10.9. The molecule has 0 spiro atoms. The second-order valence-electron chi connectivity index (χ2n) is 3.88. The number of unbranched alkanes of at least 4 members (excludes halogenated alkanes) is 5. The van der Waals surface area contributed by atoms with Crippen molar-refractivity contribution in [2.45, 2.75) is 51.9 Å². The van der Waals surface area contributed by atoms with Crippen LogP contribution >= 0.6 is 0 Å². The van der Waals surface area contributed by atoms with Crippen LogP contribution in [0.2, 0.25) is 0 Å². The second-order valence-corrected chi connectivity index (χ2v) is 3.88. The van der Waals surface area contributed by atoms with Gasteiger partial charge in [0.1, 0.15) is 5.70 Å². The molecule has 0 aromatic carbocycles. The van der Waals surface area contributed by atoms with E-state index < -0.39 is 0 Å². The number of nitrogens with zero attached hydrogens (tertiary/aromatic N) is 2. The third-order valence-corrected chi connectivity index (χ3v) is 2.57. The summed E-state index contributed by atoms with van der Waals surface area (Å²) >= 11 is 0. The number of hydrogen-bond acceptors (Lipinski definition) is 3. The van der Waals surface area contributed by atoms with E-state index in [1.165, 1.54) is 32.1 Å². The van der Waals surface area contributed by atoms with Crippen molar-refractivity contribution >= 4 is 5.91 Å². The van der Waals surface area contributed by atoms with Gasteiger partial charge < -0.3 is 5.73 Å². The molecule has 84 valence electrons. The zero-order valence-electron chi connectivity index (χ0n) is 9.33. The van der Waals surface area contributed by atoms with Crippen molar-refractivity contribution in [1.82, 2.24) is 0 Å². The molecule has 0 aromatic rings. The van der Waals surface area contributed by atoms with Crippen molar-refractivity contribution in [3.63, 3.8) is 0 Å². The van der Waals surface area contributed by atoms with Crippen LogP contribution in [0.3, 0.4) is 0 Å². The van der Waals surface area contributed by atoms with E-state index in [1.54, 1.807) is 0 Å². The van der Waals surface area contributed by atoms with Gasteiger partial charge >= 0.3 is 5.91 Å². The van der Waals surface area contributed by atoms with Gasteiger partial charge in [-0.1, -0.05) is 39.0 Å². The Balaban J connectivity index is 2.11. The fourth-order valence-electron chi connectivity index (χ4n) is 1.59. The predicted octanol–water partition coefficient (Wildman–Crippen LogP) is 2.90. The molecule has 0 saturated carbocycles. The molecule has 0 radical (unpaired) electrons. The lowest BCUT2D eigenvalue weighted by molar-refractivity contribution is -0.114. The van der Waals surface area contributed by atoms with Gasteiger partial charge in [0.2, 0.25) is 0 Å². The van der Waals surface area contributed by atoms with Gasteiger partial charge in [-0.15, -0.1) is 10.2 Å². The van der Waals surface area contributed by atoms with E-state index >= 15 is 0 Å². The van der Waals surface area contributed by atoms with Gasteiger partial charge in [-0.05, 0) is 12.8 Å². The lowest BCUT2D eigenvalue weighted by atomic mass is 10.1. The van der Waals surface area contributed by atoms with Crippen LogP contribution in [-0.4, -0.2) is 5.91 Å². The second kappa shape index (κ2) is 6.32. The third kappa shape index (κ3) is 3.81. The third-order valence-electron chi connectivity index (χ3n) is 2.57. The number of hydrogen-bond donors (Lipinski definition) is 1. The van der Waals surface area contributed by atoms with Crippen LogP contribution in [0.5, 0.6) is 0 Å². The highest BCUT2D eigenvalue weighted by molar-refractivity contribution is 5.95. The minimum Gasteiger partial charge on any atom is -0.393 e. The Morgan fingerprint density at radius 1 is 1.07 bits per heavy atom. The molecule has 0 bridgehead atoms. The minimum atomic E-state index is -0.379. The predicted molar refractivity (Wildman–Crippen MR) is 59.1 cm³/mol. The number of rotatable bonds is 7. The molecule has 15 heavy (non-hydrogen) atoms. The first-order valence-electron chi connectivity index (χ1n) is 5.70. The molecule has 0 unspecified atom stereocenters. The molecule has 1 aliphatic rings. The standard InChI is InChI=1S/C11H19N3O/c1-2-3-4-5-6-7-8-9-10(12)11(15)14-13-9/h2-8H2,1H3,(H2,12,14,15). The molecule has 0 saturated heterocycles. The highest BCUT2D eigenvalue weighted by Crippen LogP contribution is 2.19. The first-order chi connectivity index (χ1) is 7.25. The summed E-state index contributed by atoms with van der Waals surface area (Å²) in [6.07, 6.45) is 8.14. The summed E-state index contributed by atoms with van der Waals surface area (Å²) in [7, 11) is 0. The molecule has 4 heteroatoms. The number of carbonyl (C=O) groups excluding carboxylic acids is 1. The number of carbonyl (C=O) groups is 1. The molecule has 1 amide bonds. The normalized spacial score (nSPS) is 15.4. The van der Waals surface area contributed by atoms with E-state index in [-0.39, 0.29) is 11.6 Å². The summed E-state index contributed by atoms with van der Waals surface area (Å²) in [5.74, 6) is -0.379. The zero-order valence-corrected chi connectivity index (χ0v) is 9.33. The molecule has 2 N–H and O–H groups in total. The molecule has 1 rings (SSSR count). The molecular formula is C11H19N3O. The van der Waals surface area contributed by atoms with E-state index in [2.05, 4.69) is 17.2 Å². The molecule has 0 aromatic heterocycles. The topological polar surface area (TPSA) is 67.8 Å². The van der Waals surface area contributed by atoms with Crippen molar-refractivity contribution in [2.24, 2.45) is 16.0 Å². The van der Waals surface area contributed by atoms with Crippen LogP contribution in [0.1, 0.15) is 51.9 Å². The van der Waals surface area contributed by atoms with E-state index in [4.69, 9.17) is 5.73 Å². The smallest absolute Gasteiger partial charge is 0.313 e. The summed E-state index contributed by atoms with van der Waals surface area (Å²) in [4.78, 5) is 10.9. The van der Waals surface area contributed by atoms with Gasteiger partial charge in [-0.3, -0.25) is 4.79 Å². The van der Waals surface area contributed by atoms with Crippen LogP contribution in [0.4, 0.5) is 0 Å². The van der Waals surface area contributed by atoms with Crippen LogP contribution in [0, 0.1) is 0 Å². The van der Waals surface area contributed by atoms with E-state index in [9.17, 15) is 4.79 Å². The highest BCUT2D eigenvalue weighted by Gasteiger charge is 2.16. The summed E-state index contributed by atoms with van der Waals surface area (Å²) in [5.41, 5.74) is 6.44. The van der Waals surface area contributed by atoms with E-state index in [0.29, 0.717) is 5.70 Å². The van der Waals surface area contributed by atoms with Gasteiger partial charge in [0.05, 0.1) is 5.70 Å². The average Bonchev–Trinajstić information content (AvgIpc) is 2.54. The largest absolute Gasteiger partial charge is 0.393 e. The Hall–Kier alpha value is -1.19. The van der Waals surface area contributed by atoms with Gasteiger partial charge in [-0.25, -0.2) is 0 Å². The Morgan fingerprint density at radius 2 is 1.73 bits per heavy atom. The van der Waals surface area contributed by atoms with Gasteiger partial charge in [0.25, 0.3) is 0 Å². The van der Waals surface area contributed by atoms with Crippen LogP contribution in [-0.2, 0) is 4.79 Å². The van der Waals surface area contributed by atoms with Crippen LogP contribution < -0.4 is 5.73 Å². The average molecular weight is 209 g/mol. The Kier molecular flexibility index (Phi) is 5.01. The fourth-order valence-corrected chi connectivity index (χ4v) is 1.59.